The molecule has 0 aliphatic rings. The highest BCUT2D eigenvalue weighted by Gasteiger charge is 1.46. The molecule has 0 amide bonds. The smallest absolute Gasteiger partial charge is 0.0146 e. The molecule has 38 valence electrons. The van der Waals surface area contributed by atoms with Crippen molar-refractivity contribution in [2.24, 2.45) is 4.36 Å². The van der Waals surface area contributed by atoms with Gasteiger partial charge in [0.2, 0.25) is 0 Å². The van der Waals surface area contributed by atoms with Gasteiger partial charge < -0.3 is 12.8 Å². The minimum Gasteiger partial charge on any atom is -0.441 e. The van der Waals surface area contributed by atoms with E-state index in [0.717, 1.165) is 0 Å². The summed E-state index contributed by atoms with van der Waals surface area (Å²) in [5.41, 5.74) is 0. The minimum atomic E-state index is -1.41. The highest BCUT2D eigenvalue weighted by Crippen LogP contribution is 1.66. The zero-order chi connectivity index (χ0) is 4.99. The van der Waals surface area contributed by atoms with Crippen LogP contribution in [0.3, 0.4) is 0 Å². The third-order valence-corrected chi connectivity index (χ3v) is 0.875. The molecular formula is C2H6NO2S-. The van der Waals surface area contributed by atoms with Crippen LogP contribution >= 0.6 is 0 Å². The summed E-state index contributed by atoms with van der Waals surface area (Å²) in [5, 5.41) is 0. The van der Waals surface area contributed by atoms with E-state index in [1.807, 2.05) is 0 Å². The molecule has 0 N–H and O–H groups in total. The van der Waals surface area contributed by atoms with E-state index in [2.05, 4.69) is 8.55 Å². The summed E-state index contributed by atoms with van der Waals surface area (Å²) in [6.07, 6.45) is 0. The highest BCUT2D eigenvalue weighted by molar-refractivity contribution is 7.69. The molecule has 0 rings (SSSR count). The van der Waals surface area contributed by atoms with Crippen molar-refractivity contribution in [3.05, 3.63) is 0 Å². The number of hydrogen-bond donors (Lipinski definition) is 0. The summed E-state index contributed by atoms with van der Waals surface area (Å²) >= 11 is 0. The number of nitrogens with zero attached hydrogens (tertiary/aromatic N) is 1. The molecule has 0 aromatic rings. The summed E-state index contributed by atoms with van der Waals surface area (Å²) in [6.45, 7) is 0. The first kappa shape index (κ1) is 5.91. The Hall–Kier alpha value is -0.0900. The van der Waals surface area contributed by atoms with Crippen molar-refractivity contribution in [3.8, 4) is 0 Å². The van der Waals surface area contributed by atoms with E-state index >= 15 is 0 Å². The molecule has 0 fully saturated rings. The lowest BCUT2D eigenvalue weighted by Crippen LogP contribution is -1.72. The largest absolute Gasteiger partial charge is 0.441 e. The maximum atomic E-state index is 9.90. The van der Waals surface area contributed by atoms with Gasteiger partial charge in [-0.3, -0.25) is 0 Å². The van der Waals surface area contributed by atoms with Crippen molar-refractivity contribution < 1.29 is 8.39 Å². The van der Waals surface area contributed by atoms with Crippen LogP contribution in [0.15, 0.2) is 4.36 Å². The van der Waals surface area contributed by atoms with Crippen LogP contribution in [0.25, 0.3) is 0 Å². The van der Waals surface area contributed by atoms with Gasteiger partial charge >= 0.3 is 0 Å². The van der Waals surface area contributed by atoms with E-state index in [4.69, 9.17) is 0 Å². The second-order valence-corrected chi connectivity index (χ2v) is 1.70. The second kappa shape index (κ2) is 3.11. The molecule has 6 heavy (non-hydrogen) atoms. The lowest BCUT2D eigenvalue weighted by molar-refractivity contribution is 0.437. The van der Waals surface area contributed by atoms with Crippen LogP contribution in [0, 0.1) is 0 Å². The maximum Gasteiger partial charge on any atom is 0.0146 e. The average Bonchev–Trinajstić information content (AvgIpc) is 1.65. The molecule has 0 aliphatic carbocycles. The summed E-state index contributed by atoms with van der Waals surface area (Å²) < 4.78 is 17.4. The predicted molar refractivity (Wildman–Crippen MR) is 23.4 cm³/mol. The molecule has 0 unspecified atom stereocenters. The van der Waals surface area contributed by atoms with Crippen LogP contribution in [0.2, 0.25) is 0 Å². The van der Waals surface area contributed by atoms with Crippen molar-refractivity contribution in [2.75, 3.05) is 14.2 Å². The van der Waals surface area contributed by atoms with E-state index < -0.39 is 10.9 Å². The van der Waals surface area contributed by atoms with Crippen LogP contribution in [0.1, 0.15) is 0 Å². The molecule has 0 heterocycles. The third kappa shape index (κ3) is 2.17. The van der Waals surface area contributed by atoms with Gasteiger partial charge in [-0.2, -0.15) is 0 Å². The molecule has 0 aliphatic heterocycles. The van der Waals surface area contributed by atoms with Crippen LogP contribution in [-0.4, -0.2) is 14.2 Å². The first-order valence-electron chi connectivity index (χ1n) is 1.37. The Morgan fingerprint density at radius 2 is 2.33 bits per heavy atom. The minimum absolute atomic E-state index is 1.34. The third-order valence-electron chi connectivity index (χ3n) is 0.292. The van der Waals surface area contributed by atoms with Gasteiger partial charge in [0.1, 0.15) is 0 Å². The van der Waals surface area contributed by atoms with E-state index in [0.29, 0.717) is 0 Å². The van der Waals surface area contributed by atoms with Crippen molar-refractivity contribution in [3.63, 3.8) is 0 Å². The molecule has 0 atom stereocenters. The van der Waals surface area contributed by atoms with Gasteiger partial charge in [-0.1, -0.05) is 10.9 Å². The molecule has 3 nitrogen and oxygen atoms in total. The van der Waals surface area contributed by atoms with Crippen molar-refractivity contribution in [2.45, 2.75) is 0 Å². The Kier molecular flexibility index (Phi) is 3.07. The summed E-state index contributed by atoms with van der Waals surface area (Å²) in [6, 6.07) is 0. The predicted octanol–water partition coefficient (Wildman–Crippen LogP) is 0.325. The van der Waals surface area contributed by atoms with Gasteiger partial charge in [0.15, 0.2) is 0 Å². The van der Waals surface area contributed by atoms with Crippen molar-refractivity contribution >= 4 is 10.9 Å². The highest BCUT2D eigenvalue weighted by atomic mass is 32.2. The number of hydrogen-bond acceptors (Lipinski definition) is 4. The monoisotopic (exact) mass is 108 g/mol. The van der Waals surface area contributed by atoms with E-state index in [9.17, 15) is 4.21 Å². The second-order valence-electron chi connectivity index (χ2n) is 0.566. The van der Waals surface area contributed by atoms with E-state index in [-0.39, 0.29) is 0 Å². The lowest BCUT2D eigenvalue weighted by atomic mass is 11.6. The van der Waals surface area contributed by atoms with E-state index in [1.165, 1.54) is 14.2 Å². The molecule has 0 bridgehead atoms. The fraction of sp³-hybridized carbons (Fsp3) is 1.00. The Labute approximate surface area is 38.7 Å². The van der Waals surface area contributed by atoms with Gasteiger partial charge in [-0.15, -0.1) is 0 Å². The Morgan fingerprint density at radius 1 is 1.83 bits per heavy atom. The molecule has 0 spiro atoms. The van der Waals surface area contributed by atoms with E-state index in [1.54, 1.807) is 0 Å². The lowest BCUT2D eigenvalue weighted by Gasteiger charge is -1.92. The summed E-state index contributed by atoms with van der Waals surface area (Å²) in [7, 11) is 1.36. The Morgan fingerprint density at radius 3 is 2.33 bits per heavy atom. The van der Waals surface area contributed by atoms with Crippen molar-refractivity contribution in [1.82, 2.24) is 0 Å². The zero-order valence-electron chi connectivity index (χ0n) is 3.67. The topological polar surface area (TPSA) is 38.7 Å². The van der Waals surface area contributed by atoms with Crippen LogP contribution in [0.5, 0.6) is 0 Å². The molecule has 4 heteroatoms. The molecular weight excluding hydrogens is 102 g/mol. The normalized spacial score (nSPS) is 15.0. The van der Waals surface area contributed by atoms with Crippen LogP contribution in [0.4, 0.5) is 0 Å². The SMILES string of the molecule is CN=[S-](=O)OC. The molecule has 0 aromatic carbocycles. The first-order chi connectivity index (χ1) is 2.81. The number of rotatable bonds is 1. The van der Waals surface area contributed by atoms with Crippen LogP contribution in [-0.2, 0) is 19.3 Å². The maximum absolute atomic E-state index is 9.90. The molecule has 0 saturated carbocycles. The zero-order valence-corrected chi connectivity index (χ0v) is 4.49. The molecule has 0 aromatic heterocycles. The van der Waals surface area contributed by atoms with Gasteiger partial charge in [0.05, 0.1) is 0 Å². The van der Waals surface area contributed by atoms with Crippen LogP contribution < -0.4 is 0 Å². The summed E-state index contributed by atoms with van der Waals surface area (Å²) in [4.78, 5) is 0. The van der Waals surface area contributed by atoms with Crippen molar-refractivity contribution in [1.29, 1.82) is 0 Å². The Balaban J connectivity index is 3.54. The fourth-order valence-corrected chi connectivity index (χ4v) is 0.224. The van der Waals surface area contributed by atoms with Gasteiger partial charge in [-0.25, -0.2) is 0 Å². The Bertz CT molecular complexity index is 93.7. The quantitative estimate of drug-likeness (QED) is 0.454. The van der Waals surface area contributed by atoms with Gasteiger partial charge in [0, 0.05) is 14.2 Å². The first-order valence-corrected chi connectivity index (χ1v) is 2.40. The molecule has 0 radical (unpaired) electrons. The average molecular weight is 108 g/mol. The fourth-order valence-electron chi connectivity index (χ4n) is 0.0745. The van der Waals surface area contributed by atoms with Gasteiger partial charge in [-0.05, 0) is 0 Å². The molecule has 0 saturated heterocycles. The summed E-state index contributed by atoms with van der Waals surface area (Å²) in [5.74, 6) is 0. The standard InChI is InChI=1S/C2H6NO2S/c1-3-6(4)5-2/h1-2H3/q-1. The van der Waals surface area contributed by atoms with Gasteiger partial charge in [0.25, 0.3) is 0 Å².